The molecule has 4 N–H and O–H groups in total. The van der Waals surface area contributed by atoms with Gasteiger partial charge in [0, 0.05) is 13.1 Å². The van der Waals surface area contributed by atoms with Crippen LogP contribution >= 0.6 is 0 Å². The molecule has 0 bridgehead atoms. The number of rotatable bonds is 2. The van der Waals surface area contributed by atoms with Gasteiger partial charge in [-0.05, 0) is 6.92 Å². The second-order valence-electron chi connectivity index (χ2n) is 4.69. The molecule has 1 aliphatic rings. The van der Waals surface area contributed by atoms with Crippen LogP contribution < -0.4 is 10.6 Å². The van der Waals surface area contributed by atoms with Gasteiger partial charge in [-0.1, -0.05) is 0 Å². The number of aromatic nitrogens is 4. The van der Waals surface area contributed by atoms with Crippen molar-refractivity contribution < 1.29 is 9.84 Å². The summed E-state index contributed by atoms with van der Waals surface area (Å²) in [4.78, 5) is 10.4. The summed E-state index contributed by atoms with van der Waals surface area (Å²) >= 11 is 0. The lowest BCUT2D eigenvalue weighted by Gasteiger charge is -2.36. The third kappa shape index (κ3) is 2.20. The van der Waals surface area contributed by atoms with E-state index in [2.05, 4.69) is 20.2 Å². The Morgan fingerprint density at radius 3 is 3.16 bits per heavy atom. The maximum atomic E-state index is 9.27. The molecule has 2 atom stereocenters. The molecule has 1 aliphatic heterocycles. The normalized spacial score (nSPS) is 24.0. The fraction of sp³-hybridized carbons (Fsp3) is 0.545. The summed E-state index contributed by atoms with van der Waals surface area (Å²) in [5.74, 6) is 0.927. The molecular weight excluding hydrogens is 248 g/mol. The van der Waals surface area contributed by atoms with Crippen molar-refractivity contribution in [1.29, 1.82) is 0 Å². The molecule has 102 valence electrons. The number of anilines is 2. The van der Waals surface area contributed by atoms with Gasteiger partial charge in [0.15, 0.2) is 5.65 Å². The van der Waals surface area contributed by atoms with Crippen molar-refractivity contribution in [3.05, 3.63) is 6.20 Å². The smallest absolute Gasteiger partial charge is 0.224 e. The van der Waals surface area contributed by atoms with Crippen molar-refractivity contribution in [2.75, 3.05) is 30.3 Å². The van der Waals surface area contributed by atoms with Crippen LogP contribution in [0.1, 0.15) is 6.92 Å². The van der Waals surface area contributed by atoms with Gasteiger partial charge < -0.3 is 20.5 Å². The number of aromatic amines is 1. The van der Waals surface area contributed by atoms with Gasteiger partial charge in [0.2, 0.25) is 5.95 Å². The van der Waals surface area contributed by atoms with Crippen molar-refractivity contribution in [1.82, 2.24) is 20.2 Å². The Hall–Kier alpha value is -1.93. The lowest BCUT2D eigenvalue weighted by atomic mass is 10.2. The molecule has 0 aliphatic carbocycles. The molecule has 2 aromatic heterocycles. The number of fused-ring (bicyclic) bond motifs is 1. The first-order valence-corrected chi connectivity index (χ1v) is 6.15. The number of H-pyrrole nitrogens is 1. The number of aliphatic hydroxyl groups is 1. The zero-order valence-corrected chi connectivity index (χ0v) is 10.6. The van der Waals surface area contributed by atoms with E-state index in [1.165, 1.54) is 0 Å². The molecule has 1 fully saturated rings. The summed E-state index contributed by atoms with van der Waals surface area (Å²) in [7, 11) is 0. The largest absolute Gasteiger partial charge is 0.394 e. The molecule has 0 saturated carbocycles. The fourth-order valence-corrected chi connectivity index (χ4v) is 2.40. The maximum absolute atomic E-state index is 9.27. The first kappa shape index (κ1) is 12.1. The molecule has 0 spiro atoms. The highest BCUT2D eigenvalue weighted by atomic mass is 16.5. The number of nitrogens with one attached hydrogen (secondary N) is 1. The van der Waals surface area contributed by atoms with E-state index in [9.17, 15) is 5.11 Å². The minimum absolute atomic E-state index is 0.0176. The van der Waals surface area contributed by atoms with Gasteiger partial charge in [0.1, 0.15) is 5.82 Å². The second-order valence-corrected chi connectivity index (χ2v) is 4.69. The van der Waals surface area contributed by atoms with E-state index in [1.54, 1.807) is 6.20 Å². The van der Waals surface area contributed by atoms with Crippen LogP contribution in [0.4, 0.5) is 11.8 Å². The number of nitrogen functional groups attached to an aromatic ring is 1. The van der Waals surface area contributed by atoms with Crippen molar-refractivity contribution in [2.45, 2.75) is 19.1 Å². The molecule has 2 aromatic rings. The van der Waals surface area contributed by atoms with E-state index in [1.807, 2.05) is 11.8 Å². The number of hydrogen-bond acceptors (Lipinski definition) is 7. The van der Waals surface area contributed by atoms with E-state index < -0.39 is 0 Å². The first-order chi connectivity index (χ1) is 9.17. The molecule has 8 heteroatoms. The zero-order valence-electron chi connectivity index (χ0n) is 10.6. The Bertz CT molecular complexity index is 586. The van der Waals surface area contributed by atoms with Crippen LogP contribution in [-0.2, 0) is 4.74 Å². The zero-order chi connectivity index (χ0) is 13.4. The van der Waals surface area contributed by atoms with Crippen LogP contribution in [0, 0.1) is 0 Å². The summed E-state index contributed by atoms with van der Waals surface area (Å²) in [6.07, 6.45) is 1.48. The average Bonchev–Trinajstić information content (AvgIpc) is 2.84. The number of nitrogens with zero attached hydrogens (tertiary/aromatic N) is 4. The lowest BCUT2D eigenvalue weighted by molar-refractivity contribution is -0.0422. The van der Waals surface area contributed by atoms with Crippen LogP contribution in [0.25, 0.3) is 11.0 Å². The van der Waals surface area contributed by atoms with E-state index in [0.29, 0.717) is 18.7 Å². The van der Waals surface area contributed by atoms with Gasteiger partial charge >= 0.3 is 0 Å². The van der Waals surface area contributed by atoms with Crippen LogP contribution in [0.5, 0.6) is 0 Å². The molecule has 0 radical (unpaired) electrons. The summed E-state index contributed by atoms with van der Waals surface area (Å²) in [5.41, 5.74) is 6.33. The van der Waals surface area contributed by atoms with E-state index in [4.69, 9.17) is 10.5 Å². The van der Waals surface area contributed by atoms with E-state index in [0.717, 1.165) is 11.2 Å². The summed E-state index contributed by atoms with van der Waals surface area (Å²) in [5, 5.41) is 16.8. The minimum Gasteiger partial charge on any atom is -0.394 e. The number of ether oxygens (including phenoxy) is 1. The average molecular weight is 264 g/mol. The molecule has 8 nitrogen and oxygen atoms in total. The number of nitrogens with two attached hydrogens (primary N) is 1. The van der Waals surface area contributed by atoms with Crippen molar-refractivity contribution in [3.8, 4) is 0 Å². The Morgan fingerprint density at radius 2 is 2.37 bits per heavy atom. The Kier molecular flexibility index (Phi) is 2.96. The number of hydrogen-bond donors (Lipinski definition) is 3. The third-order valence-electron chi connectivity index (χ3n) is 3.14. The van der Waals surface area contributed by atoms with Crippen molar-refractivity contribution in [2.24, 2.45) is 0 Å². The quantitative estimate of drug-likeness (QED) is 0.671. The van der Waals surface area contributed by atoms with E-state index >= 15 is 0 Å². The third-order valence-corrected chi connectivity index (χ3v) is 3.14. The van der Waals surface area contributed by atoms with E-state index in [-0.39, 0.29) is 24.8 Å². The van der Waals surface area contributed by atoms with Gasteiger partial charge in [-0.2, -0.15) is 15.1 Å². The highest BCUT2D eigenvalue weighted by molar-refractivity contribution is 5.87. The lowest BCUT2D eigenvalue weighted by Crippen LogP contribution is -2.48. The molecule has 3 rings (SSSR count). The van der Waals surface area contributed by atoms with Crippen LogP contribution in [0.15, 0.2) is 6.20 Å². The summed E-state index contributed by atoms with van der Waals surface area (Å²) in [6.45, 7) is 3.20. The minimum atomic E-state index is -0.220. The van der Waals surface area contributed by atoms with Gasteiger partial charge in [-0.25, -0.2) is 0 Å². The molecule has 2 unspecified atom stereocenters. The highest BCUT2D eigenvalue weighted by Gasteiger charge is 2.27. The molecule has 19 heavy (non-hydrogen) atoms. The van der Waals surface area contributed by atoms with Crippen molar-refractivity contribution >= 4 is 22.8 Å². The van der Waals surface area contributed by atoms with Gasteiger partial charge in [-0.3, -0.25) is 5.10 Å². The van der Waals surface area contributed by atoms with Gasteiger partial charge in [0.05, 0.1) is 30.4 Å². The predicted molar refractivity (Wildman–Crippen MR) is 69.7 cm³/mol. The first-order valence-electron chi connectivity index (χ1n) is 6.15. The molecule has 3 heterocycles. The van der Waals surface area contributed by atoms with Crippen molar-refractivity contribution in [3.63, 3.8) is 0 Å². The Labute approximate surface area is 109 Å². The summed E-state index contributed by atoms with van der Waals surface area (Å²) in [6, 6.07) is 0. The monoisotopic (exact) mass is 264 g/mol. The molecular formula is C11H16N6O2. The van der Waals surface area contributed by atoms with Crippen LogP contribution in [0.3, 0.4) is 0 Å². The van der Waals surface area contributed by atoms with Crippen LogP contribution in [-0.4, -0.2) is 57.2 Å². The van der Waals surface area contributed by atoms with Gasteiger partial charge in [0.25, 0.3) is 0 Å². The Balaban J connectivity index is 2.00. The van der Waals surface area contributed by atoms with Gasteiger partial charge in [-0.15, -0.1) is 0 Å². The SMILES string of the molecule is CC1CN(c2nc(N)nc3[nH]ncc23)CC(CO)O1. The van der Waals surface area contributed by atoms with Crippen LogP contribution in [0.2, 0.25) is 0 Å². The molecule has 1 saturated heterocycles. The predicted octanol–water partition coefficient (Wildman–Crippen LogP) is -0.479. The maximum Gasteiger partial charge on any atom is 0.224 e. The number of aliphatic hydroxyl groups excluding tert-OH is 1. The standard InChI is InChI=1S/C11H16N6O2/c1-6-3-17(4-7(5-18)19-6)10-8-2-13-16-9(8)14-11(12)15-10/h2,6-7,18H,3-5H2,1H3,(H3,12,13,14,15,16). The highest BCUT2D eigenvalue weighted by Crippen LogP contribution is 2.25. The second kappa shape index (κ2) is 4.63. The Morgan fingerprint density at radius 1 is 1.53 bits per heavy atom. The molecule has 0 aromatic carbocycles. The summed E-state index contributed by atoms with van der Waals surface area (Å²) < 4.78 is 5.62. The fourth-order valence-electron chi connectivity index (χ4n) is 2.40. The molecule has 0 amide bonds. The number of morpholine rings is 1. The topological polar surface area (TPSA) is 113 Å².